The van der Waals surface area contributed by atoms with E-state index >= 15 is 0 Å². The van der Waals surface area contributed by atoms with Crippen molar-refractivity contribution in [2.75, 3.05) is 17.7 Å². The van der Waals surface area contributed by atoms with E-state index in [9.17, 15) is 4.79 Å². The van der Waals surface area contributed by atoms with E-state index in [1.807, 2.05) is 30.3 Å². The summed E-state index contributed by atoms with van der Waals surface area (Å²) in [5.41, 5.74) is 7.30. The van der Waals surface area contributed by atoms with Crippen LogP contribution < -0.4 is 15.4 Å². The number of benzene rings is 3. The number of carbonyl (C=O) groups is 1. The highest BCUT2D eigenvalue weighted by Gasteiger charge is 2.36. The van der Waals surface area contributed by atoms with E-state index in [1.54, 1.807) is 7.11 Å². The van der Waals surface area contributed by atoms with Crippen molar-refractivity contribution in [1.82, 2.24) is 0 Å². The summed E-state index contributed by atoms with van der Waals surface area (Å²) in [7, 11) is 1.67. The summed E-state index contributed by atoms with van der Waals surface area (Å²) in [4.78, 5) is 13.6. The molecule has 0 fully saturated rings. The minimum atomic E-state index is -0.176. The quantitative estimate of drug-likeness (QED) is 0.557. The number of rotatable bonds is 3. The predicted molar refractivity (Wildman–Crippen MR) is 125 cm³/mol. The molecule has 1 heterocycles. The van der Waals surface area contributed by atoms with E-state index < -0.39 is 0 Å². The van der Waals surface area contributed by atoms with E-state index in [-0.39, 0.29) is 17.7 Å². The van der Waals surface area contributed by atoms with Crippen LogP contribution in [0.2, 0.25) is 0 Å². The number of carbonyl (C=O) groups excluding carboxylic acids is 1. The molecule has 0 radical (unpaired) electrons. The molecule has 2 N–H and O–H groups in total. The first-order valence-corrected chi connectivity index (χ1v) is 10.7. The van der Waals surface area contributed by atoms with Crippen LogP contribution in [0, 0.1) is 6.92 Å². The van der Waals surface area contributed by atoms with Crippen molar-refractivity contribution in [3.05, 3.63) is 101 Å². The number of hydrogen-bond donors (Lipinski definition) is 2. The van der Waals surface area contributed by atoms with Crippen molar-refractivity contribution >= 4 is 17.2 Å². The molecule has 1 aliphatic heterocycles. The van der Waals surface area contributed by atoms with Crippen molar-refractivity contribution in [3.63, 3.8) is 0 Å². The molecule has 2 unspecified atom stereocenters. The Hall–Kier alpha value is -3.53. The van der Waals surface area contributed by atoms with E-state index in [4.69, 9.17) is 4.74 Å². The van der Waals surface area contributed by atoms with E-state index in [0.29, 0.717) is 6.42 Å². The van der Waals surface area contributed by atoms with Gasteiger partial charge in [0.15, 0.2) is 5.78 Å². The summed E-state index contributed by atoms with van der Waals surface area (Å²) in [6, 6.07) is 24.5. The van der Waals surface area contributed by atoms with Gasteiger partial charge in [-0.25, -0.2) is 0 Å². The van der Waals surface area contributed by atoms with Crippen molar-refractivity contribution in [3.8, 4) is 5.75 Å². The number of ether oxygens (including phenoxy) is 1. The van der Waals surface area contributed by atoms with Crippen LogP contribution in [0.1, 0.15) is 41.5 Å². The normalized spacial score (nSPS) is 20.1. The minimum Gasteiger partial charge on any atom is -0.497 e. The highest BCUT2D eigenvalue weighted by Crippen LogP contribution is 2.44. The maximum Gasteiger partial charge on any atom is 0.163 e. The molecule has 0 spiro atoms. The zero-order chi connectivity index (χ0) is 21.4. The van der Waals surface area contributed by atoms with Crippen LogP contribution >= 0.6 is 0 Å². The van der Waals surface area contributed by atoms with Gasteiger partial charge in [-0.1, -0.05) is 54.1 Å². The van der Waals surface area contributed by atoms with E-state index in [0.717, 1.165) is 45.9 Å². The Bertz CT molecular complexity index is 1180. The van der Waals surface area contributed by atoms with Crippen LogP contribution in [0.15, 0.2) is 84.1 Å². The molecule has 1 aliphatic carbocycles. The molecule has 3 aromatic rings. The standard InChI is InChI=1S/C27H26N2O2/c1-17-7-5-9-19(13-17)27-26-24(28-22-11-3-4-12-23(22)29-27)15-20(16-25(26)30)18-8-6-10-21(14-18)31-2/h3-14,20,27-29H,15-16H2,1-2H3. The summed E-state index contributed by atoms with van der Waals surface area (Å²) in [6.45, 7) is 2.09. The number of nitrogens with one attached hydrogen (secondary N) is 2. The second kappa shape index (κ2) is 7.95. The maximum atomic E-state index is 13.6. The van der Waals surface area contributed by atoms with Crippen molar-refractivity contribution in [1.29, 1.82) is 0 Å². The van der Waals surface area contributed by atoms with Gasteiger partial charge in [-0.15, -0.1) is 0 Å². The zero-order valence-electron chi connectivity index (χ0n) is 17.8. The Morgan fingerprint density at radius 1 is 0.871 bits per heavy atom. The molecule has 0 saturated heterocycles. The van der Waals surface area contributed by atoms with Gasteiger partial charge in [-0.05, 0) is 54.7 Å². The van der Waals surface area contributed by atoms with Crippen molar-refractivity contribution in [2.24, 2.45) is 0 Å². The molecule has 2 aliphatic rings. The fraction of sp³-hybridized carbons (Fsp3) is 0.222. The number of hydrogen-bond acceptors (Lipinski definition) is 4. The monoisotopic (exact) mass is 410 g/mol. The molecular formula is C27H26N2O2. The highest BCUT2D eigenvalue weighted by molar-refractivity contribution is 6.01. The first kappa shape index (κ1) is 19.4. The number of anilines is 2. The third-order valence-corrected chi connectivity index (χ3v) is 6.25. The first-order chi connectivity index (χ1) is 15.1. The number of methoxy groups -OCH3 is 1. The Labute approximate surface area is 183 Å². The topological polar surface area (TPSA) is 50.4 Å². The Kier molecular flexibility index (Phi) is 4.99. The summed E-state index contributed by atoms with van der Waals surface area (Å²) in [6.07, 6.45) is 1.28. The minimum absolute atomic E-state index is 0.122. The Morgan fingerprint density at radius 2 is 1.65 bits per heavy atom. The highest BCUT2D eigenvalue weighted by atomic mass is 16.5. The number of fused-ring (bicyclic) bond motifs is 1. The third kappa shape index (κ3) is 3.70. The fourth-order valence-corrected chi connectivity index (χ4v) is 4.72. The van der Waals surface area contributed by atoms with Gasteiger partial charge in [-0.2, -0.15) is 0 Å². The molecule has 31 heavy (non-hydrogen) atoms. The predicted octanol–water partition coefficient (Wildman–Crippen LogP) is 5.98. The van der Waals surface area contributed by atoms with Crippen LogP contribution in [0.25, 0.3) is 0 Å². The van der Waals surface area contributed by atoms with Gasteiger partial charge in [0.1, 0.15) is 5.75 Å². The molecule has 0 amide bonds. The van der Waals surface area contributed by atoms with Gasteiger partial charge in [-0.3, -0.25) is 4.79 Å². The van der Waals surface area contributed by atoms with E-state index in [2.05, 4.69) is 60.0 Å². The number of aryl methyl sites for hydroxylation is 1. The van der Waals surface area contributed by atoms with Crippen molar-refractivity contribution < 1.29 is 9.53 Å². The lowest BCUT2D eigenvalue weighted by Crippen LogP contribution is -2.26. The number of ketones is 1. The molecular weight excluding hydrogens is 384 g/mol. The van der Waals surface area contributed by atoms with Crippen LogP contribution in [0.5, 0.6) is 5.75 Å². The van der Waals surface area contributed by atoms with Crippen LogP contribution in [-0.2, 0) is 4.79 Å². The smallest absolute Gasteiger partial charge is 0.163 e. The average molecular weight is 411 g/mol. The molecule has 0 bridgehead atoms. The lowest BCUT2D eigenvalue weighted by Gasteiger charge is -2.30. The van der Waals surface area contributed by atoms with Gasteiger partial charge in [0, 0.05) is 17.7 Å². The van der Waals surface area contributed by atoms with Crippen molar-refractivity contribution in [2.45, 2.75) is 31.7 Å². The third-order valence-electron chi connectivity index (χ3n) is 6.25. The molecule has 5 rings (SSSR count). The fourth-order valence-electron chi connectivity index (χ4n) is 4.72. The van der Waals surface area contributed by atoms with Gasteiger partial charge in [0.05, 0.1) is 24.5 Å². The SMILES string of the molecule is COc1cccc(C2CC(=O)C3=C(C2)Nc2ccccc2NC3c2cccc(C)c2)c1. The van der Waals surface area contributed by atoms with Crippen LogP contribution in [-0.4, -0.2) is 12.9 Å². The maximum absolute atomic E-state index is 13.6. The second-order valence-corrected chi connectivity index (χ2v) is 8.36. The molecule has 4 heteroatoms. The summed E-state index contributed by atoms with van der Waals surface area (Å²) in [5, 5.41) is 7.24. The van der Waals surface area contributed by atoms with Gasteiger partial charge >= 0.3 is 0 Å². The Balaban J connectivity index is 1.60. The molecule has 4 nitrogen and oxygen atoms in total. The summed E-state index contributed by atoms with van der Waals surface area (Å²) in [5.74, 6) is 1.13. The summed E-state index contributed by atoms with van der Waals surface area (Å²) < 4.78 is 5.41. The average Bonchev–Trinajstić information content (AvgIpc) is 2.96. The molecule has 156 valence electrons. The van der Waals surface area contributed by atoms with Crippen LogP contribution in [0.3, 0.4) is 0 Å². The lowest BCUT2D eigenvalue weighted by molar-refractivity contribution is -0.116. The number of Topliss-reactive ketones (excluding diaryl/α,β-unsaturated/α-hetero) is 1. The Morgan fingerprint density at radius 3 is 2.45 bits per heavy atom. The molecule has 0 saturated carbocycles. The van der Waals surface area contributed by atoms with E-state index in [1.165, 1.54) is 5.56 Å². The number of para-hydroxylation sites is 2. The van der Waals surface area contributed by atoms with Crippen LogP contribution in [0.4, 0.5) is 11.4 Å². The first-order valence-electron chi connectivity index (χ1n) is 10.7. The number of allylic oxidation sites excluding steroid dienone is 1. The molecule has 0 aromatic heterocycles. The van der Waals surface area contributed by atoms with Gasteiger partial charge in [0.25, 0.3) is 0 Å². The lowest BCUT2D eigenvalue weighted by atomic mass is 9.78. The zero-order valence-corrected chi connectivity index (χ0v) is 17.8. The van der Waals surface area contributed by atoms with Gasteiger partial charge < -0.3 is 15.4 Å². The van der Waals surface area contributed by atoms with Gasteiger partial charge in [0.2, 0.25) is 0 Å². The largest absolute Gasteiger partial charge is 0.497 e. The molecule has 3 aromatic carbocycles. The summed E-state index contributed by atoms with van der Waals surface area (Å²) >= 11 is 0. The second-order valence-electron chi connectivity index (χ2n) is 8.36. The molecule has 2 atom stereocenters.